The van der Waals surface area contributed by atoms with Gasteiger partial charge in [-0.3, -0.25) is 9.59 Å². The number of hydrogen-bond donors (Lipinski definition) is 4. The molecule has 8 heteroatoms. The molecule has 0 saturated heterocycles. The molecule has 7 nitrogen and oxygen atoms in total. The predicted molar refractivity (Wildman–Crippen MR) is 159 cm³/mol. The van der Waals surface area contributed by atoms with E-state index in [2.05, 4.69) is 36.4 Å². The molecule has 2 aromatic carbocycles. The number of carbonyl (C=O) groups is 2. The van der Waals surface area contributed by atoms with Crippen LogP contribution in [0.2, 0.25) is 0 Å². The normalized spacial score (nSPS) is 13.4. The highest BCUT2D eigenvalue weighted by molar-refractivity contribution is 5.90. The number of rotatable bonds is 17. The lowest BCUT2D eigenvalue weighted by atomic mass is 9.96. The predicted octanol–water partition coefficient (Wildman–Crippen LogP) is 4.36. The molecule has 3 atom stereocenters. The summed E-state index contributed by atoms with van der Waals surface area (Å²) in [7, 11) is 0. The summed E-state index contributed by atoms with van der Waals surface area (Å²) in [4.78, 5) is 26.0. The van der Waals surface area contributed by atoms with Crippen molar-refractivity contribution in [1.29, 1.82) is 0 Å². The van der Waals surface area contributed by atoms with Gasteiger partial charge in [0.05, 0.1) is 6.61 Å². The molecule has 0 aliphatic heterocycles. The van der Waals surface area contributed by atoms with Gasteiger partial charge in [-0.1, -0.05) is 71.5 Å². The second-order valence-corrected chi connectivity index (χ2v) is 11.1. The molecule has 5 N–H and O–H groups in total. The van der Waals surface area contributed by atoms with Gasteiger partial charge in [-0.05, 0) is 66.3 Å². The van der Waals surface area contributed by atoms with E-state index in [9.17, 15) is 14.0 Å². The Morgan fingerprint density at radius 3 is 2.38 bits per heavy atom. The fourth-order valence-electron chi connectivity index (χ4n) is 4.23. The SMILES string of the molecule is C=C(N[C@@H](C(=O)N[C@@H](CN)C(=O)NCCCc1ccccc1OCC(C)C)C(C)C)[C@H](C)Cc1cccc(F)c1. The number of hydrogen-bond acceptors (Lipinski definition) is 5. The highest BCUT2D eigenvalue weighted by Gasteiger charge is 2.28. The number of nitrogens with one attached hydrogen (secondary N) is 3. The molecule has 0 aliphatic carbocycles. The quantitative estimate of drug-likeness (QED) is 0.218. The molecule has 0 aromatic heterocycles. The first kappa shape index (κ1) is 32.8. The van der Waals surface area contributed by atoms with Crippen molar-refractivity contribution in [3.63, 3.8) is 0 Å². The lowest BCUT2D eigenvalue weighted by molar-refractivity contribution is -0.130. The summed E-state index contributed by atoms with van der Waals surface area (Å²) >= 11 is 0. The maximum absolute atomic E-state index is 13.6. The third-order valence-electron chi connectivity index (χ3n) is 6.65. The Balaban J connectivity index is 1.87. The van der Waals surface area contributed by atoms with Gasteiger partial charge >= 0.3 is 0 Å². The van der Waals surface area contributed by atoms with Gasteiger partial charge in [0, 0.05) is 18.8 Å². The first-order valence-electron chi connectivity index (χ1n) is 14.2. The monoisotopic (exact) mass is 554 g/mol. The Kier molecular flexibility index (Phi) is 13.7. The number of allylic oxidation sites excluding steroid dienone is 1. The highest BCUT2D eigenvalue weighted by Crippen LogP contribution is 2.20. The third-order valence-corrected chi connectivity index (χ3v) is 6.65. The average Bonchev–Trinajstić information content (AvgIpc) is 2.91. The summed E-state index contributed by atoms with van der Waals surface area (Å²) in [5, 5.41) is 8.92. The van der Waals surface area contributed by atoms with Gasteiger partial charge in [0.1, 0.15) is 23.7 Å². The van der Waals surface area contributed by atoms with Crippen LogP contribution < -0.4 is 26.4 Å². The fraction of sp³-hybridized carbons (Fsp3) is 0.500. The van der Waals surface area contributed by atoms with Crippen molar-refractivity contribution in [1.82, 2.24) is 16.0 Å². The van der Waals surface area contributed by atoms with Crippen LogP contribution in [-0.4, -0.2) is 43.6 Å². The summed E-state index contributed by atoms with van der Waals surface area (Å²) in [5.41, 5.74) is 8.48. The third kappa shape index (κ3) is 11.0. The molecule has 220 valence electrons. The Labute approximate surface area is 239 Å². The van der Waals surface area contributed by atoms with Crippen LogP contribution in [0.5, 0.6) is 5.75 Å². The van der Waals surface area contributed by atoms with Crippen molar-refractivity contribution in [3.05, 3.63) is 77.8 Å². The Morgan fingerprint density at radius 2 is 1.73 bits per heavy atom. The van der Waals surface area contributed by atoms with Gasteiger partial charge in [-0.15, -0.1) is 0 Å². The van der Waals surface area contributed by atoms with Crippen LogP contribution in [0, 0.1) is 23.6 Å². The second kappa shape index (κ2) is 16.7. The molecule has 0 unspecified atom stereocenters. The lowest BCUT2D eigenvalue weighted by Gasteiger charge is -2.28. The van der Waals surface area contributed by atoms with Crippen LogP contribution in [-0.2, 0) is 22.4 Å². The van der Waals surface area contributed by atoms with E-state index in [-0.39, 0.29) is 36.0 Å². The molecule has 2 amide bonds. The Morgan fingerprint density at radius 1 is 1.00 bits per heavy atom. The van der Waals surface area contributed by atoms with Crippen LogP contribution in [0.25, 0.3) is 0 Å². The molecule has 0 fully saturated rings. The van der Waals surface area contributed by atoms with Crippen molar-refractivity contribution in [2.45, 2.75) is 66.0 Å². The number of para-hydroxylation sites is 1. The van der Waals surface area contributed by atoms with Crippen molar-refractivity contribution in [3.8, 4) is 5.75 Å². The zero-order valence-corrected chi connectivity index (χ0v) is 24.6. The van der Waals surface area contributed by atoms with Crippen molar-refractivity contribution in [2.24, 2.45) is 23.5 Å². The largest absolute Gasteiger partial charge is 0.493 e. The molecule has 0 heterocycles. The minimum absolute atomic E-state index is 0.0226. The maximum Gasteiger partial charge on any atom is 0.243 e. The lowest BCUT2D eigenvalue weighted by Crippen LogP contribution is -2.56. The number of nitrogens with two attached hydrogens (primary N) is 1. The molecule has 40 heavy (non-hydrogen) atoms. The first-order valence-corrected chi connectivity index (χ1v) is 14.2. The van der Waals surface area contributed by atoms with Gasteiger partial charge < -0.3 is 26.4 Å². The second-order valence-electron chi connectivity index (χ2n) is 11.1. The molecule has 0 saturated carbocycles. The van der Waals surface area contributed by atoms with Crippen LogP contribution >= 0.6 is 0 Å². The van der Waals surface area contributed by atoms with Gasteiger partial charge in [0.2, 0.25) is 11.8 Å². The van der Waals surface area contributed by atoms with E-state index in [1.54, 1.807) is 6.07 Å². The van der Waals surface area contributed by atoms with Gasteiger partial charge in [0.25, 0.3) is 0 Å². The summed E-state index contributed by atoms with van der Waals surface area (Å²) in [6.07, 6.45) is 2.06. The topological polar surface area (TPSA) is 105 Å². The van der Waals surface area contributed by atoms with E-state index >= 15 is 0 Å². The van der Waals surface area contributed by atoms with Gasteiger partial charge in [-0.25, -0.2) is 4.39 Å². The standard InChI is InChI=1S/C32H47FN4O3/c1-21(2)20-40-29-15-8-7-12-26(29)13-10-16-35-31(38)28(19-34)37-32(39)30(22(3)4)36-24(6)23(5)17-25-11-9-14-27(33)18-25/h7-9,11-12,14-15,18,21-23,28,30,36H,6,10,13,16-17,19-20,34H2,1-5H3,(H,35,38)(H,37,39)/t23-,28+,30-/m1/s1. The van der Waals surface area contributed by atoms with Gasteiger partial charge in [-0.2, -0.15) is 0 Å². The number of benzene rings is 2. The van der Waals surface area contributed by atoms with Crippen LogP contribution in [0.3, 0.4) is 0 Å². The van der Waals surface area contributed by atoms with Crippen molar-refractivity contribution < 1.29 is 18.7 Å². The molecule has 0 aliphatic rings. The number of amides is 2. The van der Waals surface area contributed by atoms with E-state index in [0.29, 0.717) is 31.2 Å². The molecule has 0 spiro atoms. The number of halogens is 1. The molecular formula is C32H47FN4O3. The highest BCUT2D eigenvalue weighted by atomic mass is 19.1. The van der Waals surface area contributed by atoms with E-state index in [0.717, 1.165) is 29.7 Å². The smallest absolute Gasteiger partial charge is 0.243 e. The molecular weight excluding hydrogens is 507 g/mol. The van der Waals surface area contributed by atoms with E-state index in [1.807, 2.05) is 51.1 Å². The maximum atomic E-state index is 13.6. The molecule has 0 radical (unpaired) electrons. The molecule has 2 rings (SSSR count). The molecule has 2 aromatic rings. The number of carbonyl (C=O) groups excluding carboxylic acids is 2. The van der Waals surface area contributed by atoms with Crippen LogP contribution in [0.1, 0.15) is 52.2 Å². The van der Waals surface area contributed by atoms with Gasteiger partial charge in [0.15, 0.2) is 0 Å². The van der Waals surface area contributed by atoms with E-state index in [1.165, 1.54) is 12.1 Å². The molecule has 0 bridgehead atoms. The minimum Gasteiger partial charge on any atom is -0.493 e. The number of aryl methyl sites for hydroxylation is 1. The average molecular weight is 555 g/mol. The van der Waals surface area contributed by atoms with Crippen LogP contribution in [0.4, 0.5) is 4.39 Å². The first-order chi connectivity index (χ1) is 19.0. The Bertz CT molecular complexity index is 1110. The zero-order valence-electron chi connectivity index (χ0n) is 24.6. The fourth-order valence-corrected chi connectivity index (χ4v) is 4.23. The van der Waals surface area contributed by atoms with Crippen LogP contribution in [0.15, 0.2) is 60.8 Å². The van der Waals surface area contributed by atoms with E-state index in [4.69, 9.17) is 10.5 Å². The van der Waals surface area contributed by atoms with Crippen molar-refractivity contribution >= 4 is 11.8 Å². The van der Waals surface area contributed by atoms with Crippen molar-refractivity contribution in [2.75, 3.05) is 19.7 Å². The minimum atomic E-state index is -0.852. The zero-order chi connectivity index (χ0) is 29.7. The number of ether oxygens (including phenoxy) is 1. The summed E-state index contributed by atoms with van der Waals surface area (Å²) in [6, 6.07) is 12.9. The summed E-state index contributed by atoms with van der Waals surface area (Å²) in [6.45, 7) is 15.2. The summed E-state index contributed by atoms with van der Waals surface area (Å²) in [5.74, 6) is 0.269. The summed E-state index contributed by atoms with van der Waals surface area (Å²) < 4.78 is 19.5. The Hall–Kier alpha value is -3.39. The van der Waals surface area contributed by atoms with E-state index < -0.39 is 12.1 Å².